The van der Waals surface area contributed by atoms with E-state index in [1.807, 2.05) is 6.07 Å². The summed E-state index contributed by atoms with van der Waals surface area (Å²) in [7, 11) is 3.14. The van der Waals surface area contributed by atoms with Gasteiger partial charge in [0.05, 0.1) is 14.2 Å². The molecule has 1 saturated heterocycles. The fraction of sp³-hybridized carbons (Fsp3) is 0.476. The van der Waals surface area contributed by atoms with Gasteiger partial charge in [-0.05, 0) is 38.0 Å². The quantitative estimate of drug-likeness (QED) is 0.665. The monoisotopic (exact) mass is 418 g/mol. The molecule has 0 spiro atoms. The highest BCUT2D eigenvalue weighted by atomic mass is 32.1. The van der Waals surface area contributed by atoms with Crippen LogP contribution in [0.1, 0.15) is 43.1 Å². The average Bonchev–Trinajstić information content (AvgIpc) is 3.08. The molecule has 0 aliphatic carbocycles. The van der Waals surface area contributed by atoms with E-state index in [-0.39, 0.29) is 11.6 Å². The summed E-state index contributed by atoms with van der Waals surface area (Å²) in [5.41, 5.74) is 0.996. The highest BCUT2D eigenvalue weighted by Gasteiger charge is 2.26. The molecule has 1 fully saturated rings. The Morgan fingerprint density at radius 1 is 1.07 bits per heavy atom. The van der Waals surface area contributed by atoms with Gasteiger partial charge in [0.2, 0.25) is 0 Å². The molecule has 0 radical (unpaired) electrons. The molecule has 1 aliphatic heterocycles. The smallest absolute Gasteiger partial charge is 0.358 e. The Labute approximate surface area is 174 Å². The second-order valence-corrected chi connectivity index (χ2v) is 7.75. The zero-order valence-electron chi connectivity index (χ0n) is 17.0. The maximum atomic E-state index is 12.6. The maximum Gasteiger partial charge on any atom is 0.358 e. The standard InChI is InChI=1S/C21H26N2O5S/c1-14(20(24)23-10-6-4-5-7-11-23)28-21(25)16-13-29-19(22-16)15-8-9-17(26-2)18(12-15)27-3/h8-9,12-14H,4-7,10-11H2,1-3H3. The molecule has 2 aromatic rings. The first-order chi connectivity index (χ1) is 14.0. The summed E-state index contributed by atoms with van der Waals surface area (Å²) < 4.78 is 16.0. The van der Waals surface area contributed by atoms with E-state index < -0.39 is 12.1 Å². The number of aromatic nitrogens is 1. The van der Waals surface area contributed by atoms with Crippen LogP contribution in [0.4, 0.5) is 0 Å². The molecule has 1 amide bonds. The molecule has 29 heavy (non-hydrogen) atoms. The summed E-state index contributed by atoms with van der Waals surface area (Å²) in [6.07, 6.45) is 3.43. The van der Waals surface area contributed by atoms with E-state index in [1.165, 1.54) is 11.3 Å². The molecule has 1 aromatic heterocycles. The first kappa shape index (κ1) is 21.1. The third-order valence-corrected chi connectivity index (χ3v) is 5.78. The minimum absolute atomic E-state index is 0.143. The van der Waals surface area contributed by atoms with Crippen molar-refractivity contribution < 1.29 is 23.8 Å². The van der Waals surface area contributed by atoms with E-state index >= 15 is 0 Å². The summed E-state index contributed by atoms with van der Waals surface area (Å²) in [6.45, 7) is 3.06. The number of thiazole rings is 1. The Bertz CT molecular complexity index is 859. The number of rotatable bonds is 6. The van der Waals surface area contributed by atoms with Crippen molar-refractivity contribution in [1.29, 1.82) is 0 Å². The summed E-state index contributed by atoms with van der Waals surface area (Å²) in [5, 5.41) is 2.29. The van der Waals surface area contributed by atoms with Crippen LogP contribution in [0.25, 0.3) is 10.6 Å². The minimum Gasteiger partial charge on any atom is -0.493 e. The van der Waals surface area contributed by atoms with Crippen molar-refractivity contribution in [3.05, 3.63) is 29.3 Å². The van der Waals surface area contributed by atoms with Gasteiger partial charge in [-0.2, -0.15) is 0 Å². The summed E-state index contributed by atoms with van der Waals surface area (Å²) in [6, 6.07) is 5.44. The Balaban J connectivity index is 1.66. The largest absolute Gasteiger partial charge is 0.493 e. The molecule has 7 nitrogen and oxygen atoms in total. The van der Waals surface area contributed by atoms with Crippen molar-refractivity contribution in [1.82, 2.24) is 9.88 Å². The predicted molar refractivity (Wildman–Crippen MR) is 111 cm³/mol. The number of nitrogens with zero attached hydrogens (tertiary/aromatic N) is 2. The van der Waals surface area contributed by atoms with Gasteiger partial charge in [0.15, 0.2) is 23.3 Å². The second-order valence-electron chi connectivity index (χ2n) is 6.89. The van der Waals surface area contributed by atoms with E-state index in [0.29, 0.717) is 16.5 Å². The van der Waals surface area contributed by atoms with Crippen LogP contribution in [0.2, 0.25) is 0 Å². The van der Waals surface area contributed by atoms with Crippen LogP contribution in [0.15, 0.2) is 23.6 Å². The van der Waals surface area contributed by atoms with Crippen molar-refractivity contribution >= 4 is 23.2 Å². The molecule has 1 atom stereocenters. The van der Waals surface area contributed by atoms with Crippen molar-refractivity contribution in [3.8, 4) is 22.1 Å². The third-order valence-electron chi connectivity index (χ3n) is 4.89. The number of likely N-dealkylation sites (tertiary alicyclic amines) is 1. The highest BCUT2D eigenvalue weighted by molar-refractivity contribution is 7.13. The Morgan fingerprint density at radius 2 is 1.76 bits per heavy atom. The lowest BCUT2D eigenvalue weighted by molar-refractivity contribution is -0.139. The number of esters is 1. The number of amides is 1. The summed E-state index contributed by atoms with van der Waals surface area (Å²) in [4.78, 5) is 31.2. The van der Waals surface area contributed by atoms with Crippen LogP contribution in [0.5, 0.6) is 11.5 Å². The first-order valence-electron chi connectivity index (χ1n) is 9.71. The molecule has 0 saturated carbocycles. The fourth-order valence-corrected chi connectivity index (χ4v) is 4.08. The summed E-state index contributed by atoms with van der Waals surface area (Å²) >= 11 is 1.33. The Morgan fingerprint density at radius 3 is 2.41 bits per heavy atom. The molecule has 0 bridgehead atoms. The maximum absolute atomic E-state index is 12.6. The second kappa shape index (κ2) is 9.73. The van der Waals surface area contributed by atoms with Gasteiger partial charge in [0.25, 0.3) is 5.91 Å². The van der Waals surface area contributed by atoms with Gasteiger partial charge in [-0.15, -0.1) is 11.3 Å². The van der Waals surface area contributed by atoms with Crippen LogP contribution in [-0.2, 0) is 9.53 Å². The lowest BCUT2D eigenvalue weighted by atomic mass is 10.2. The first-order valence-corrected chi connectivity index (χ1v) is 10.6. The number of ether oxygens (including phenoxy) is 3. The zero-order valence-corrected chi connectivity index (χ0v) is 17.8. The van der Waals surface area contributed by atoms with Crippen molar-refractivity contribution in [2.75, 3.05) is 27.3 Å². The molecule has 3 rings (SSSR count). The van der Waals surface area contributed by atoms with Crippen LogP contribution >= 0.6 is 11.3 Å². The van der Waals surface area contributed by atoms with Crippen molar-refractivity contribution in [2.24, 2.45) is 0 Å². The van der Waals surface area contributed by atoms with Gasteiger partial charge < -0.3 is 19.1 Å². The average molecular weight is 419 g/mol. The summed E-state index contributed by atoms with van der Waals surface area (Å²) in [5.74, 6) is 0.466. The van der Waals surface area contributed by atoms with Crippen LogP contribution < -0.4 is 9.47 Å². The molecule has 2 heterocycles. The van der Waals surface area contributed by atoms with Crippen LogP contribution in [0, 0.1) is 0 Å². The number of hydrogen-bond acceptors (Lipinski definition) is 7. The molecule has 8 heteroatoms. The van der Waals surface area contributed by atoms with E-state index in [2.05, 4.69) is 4.98 Å². The SMILES string of the molecule is COc1ccc(-c2nc(C(=O)OC(C)C(=O)N3CCCCCC3)cs2)cc1OC. The van der Waals surface area contributed by atoms with Gasteiger partial charge in [0, 0.05) is 24.0 Å². The van der Waals surface area contributed by atoms with Gasteiger partial charge in [-0.3, -0.25) is 4.79 Å². The molecule has 1 aromatic carbocycles. The lowest BCUT2D eigenvalue weighted by Gasteiger charge is -2.23. The fourth-order valence-electron chi connectivity index (χ4n) is 3.29. The van der Waals surface area contributed by atoms with Crippen molar-refractivity contribution in [2.45, 2.75) is 38.7 Å². The van der Waals surface area contributed by atoms with Gasteiger partial charge in [0.1, 0.15) is 5.01 Å². The van der Waals surface area contributed by atoms with E-state index in [4.69, 9.17) is 14.2 Å². The third kappa shape index (κ3) is 5.06. The number of carbonyl (C=O) groups excluding carboxylic acids is 2. The van der Waals surface area contributed by atoms with Crippen LogP contribution in [0.3, 0.4) is 0 Å². The number of benzene rings is 1. The molecule has 156 valence electrons. The van der Waals surface area contributed by atoms with Crippen molar-refractivity contribution in [3.63, 3.8) is 0 Å². The topological polar surface area (TPSA) is 78.0 Å². The number of carbonyl (C=O) groups is 2. The highest BCUT2D eigenvalue weighted by Crippen LogP contribution is 2.33. The zero-order chi connectivity index (χ0) is 20.8. The van der Waals surface area contributed by atoms with E-state index in [1.54, 1.807) is 43.6 Å². The number of methoxy groups -OCH3 is 2. The van der Waals surface area contributed by atoms with E-state index in [0.717, 1.165) is 44.3 Å². The Hall–Kier alpha value is -2.61. The van der Waals surface area contributed by atoms with Gasteiger partial charge >= 0.3 is 5.97 Å². The Kier molecular flexibility index (Phi) is 7.09. The predicted octanol–water partition coefficient (Wildman–Crippen LogP) is 3.78. The normalized spacial score (nSPS) is 15.3. The van der Waals surface area contributed by atoms with Gasteiger partial charge in [-0.1, -0.05) is 12.8 Å². The minimum atomic E-state index is -0.827. The van der Waals surface area contributed by atoms with Gasteiger partial charge in [-0.25, -0.2) is 9.78 Å². The molecule has 1 aliphatic rings. The number of hydrogen-bond donors (Lipinski definition) is 0. The molecular weight excluding hydrogens is 392 g/mol. The van der Waals surface area contributed by atoms with Crippen LogP contribution in [-0.4, -0.2) is 55.2 Å². The molecule has 1 unspecified atom stereocenters. The molecular formula is C21H26N2O5S. The molecule has 0 N–H and O–H groups in total. The lowest BCUT2D eigenvalue weighted by Crippen LogP contribution is -2.40. The van der Waals surface area contributed by atoms with E-state index in [9.17, 15) is 9.59 Å².